The molecule has 3 amide bonds. The first-order chi connectivity index (χ1) is 15.6. The number of amides is 3. The van der Waals surface area contributed by atoms with Crippen molar-refractivity contribution in [2.24, 2.45) is 5.92 Å². The Morgan fingerprint density at radius 2 is 1.84 bits per heavy atom. The first-order valence-corrected chi connectivity index (χ1v) is 11.9. The molecule has 0 aromatic heterocycles. The molecule has 3 aliphatic heterocycles. The maximum absolute atomic E-state index is 13.7. The fraction of sp³-hybridized carbons (Fsp3) is 0.625. The molecule has 1 unspecified atom stereocenters. The van der Waals surface area contributed by atoms with E-state index in [9.17, 15) is 14.4 Å². The molecule has 0 radical (unpaired) electrons. The van der Waals surface area contributed by atoms with Crippen molar-refractivity contribution >= 4 is 23.4 Å². The molecule has 3 saturated heterocycles. The van der Waals surface area contributed by atoms with Gasteiger partial charge in [0, 0.05) is 37.8 Å². The van der Waals surface area contributed by atoms with Gasteiger partial charge in [0.2, 0.25) is 11.8 Å². The summed E-state index contributed by atoms with van der Waals surface area (Å²) in [7, 11) is 0. The summed E-state index contributed by atoms with van der Waals surface area (Å²) in [5.41, 5.74) is 0.279. The van der Waals surface area contributed by atoms with Gasteiger partial charge in [-0.15, -0.1) is 0 Å². The van der Waals surface area contributed by atoms with Crippen LogP contribution in [0, 0.1) is 5.92 Å². The highest BCUT2D eigenvalue weighted by molar-refractivity contribution is 5.96. The number of likely N-dealkylation sites (tertiary alicyclic amines) is 1. The van der Waals surface area contributed by atoms with Crippen LogP contribution in [0.15, 0.2) is 30.3 Å². The van der Waals surface area contributed by atoms with E-state index in [0.717, 1.165) is 38.0 Å². The summed E-state index contributed by atoms with van der Waals surface area (Å²) in [6.45, 7) is 2.84. The second kappa shape index (κ2) is 8.73. The summed E-state index contributed by atoms with van der Waals surface area (Å²) < 4.78 is 5.57. The number of carbonyl (C=O) groups excluding carboxylic acids is 3. The number of nitrogens with zero attached hydrogens (tertiary/aromatic N) is 3. The van der Waals surface area contributed by atoms with E-state index in [1.165, 1.54) is 0 Å². The zero-order chi connectivity index (χ0) is 22.1. The summed E-state index contributed by atoms with van der Waals surface area (Å²) in [6, 6.07) is 9.92. The van der Waals surface area contributed by atoms with Gasteiger partial charge in [-0.05, 0) is 50.7 Å². The molecule has 1 aromatic carbocycles. The molecule has 1 aliphatic carbocycles. The first kappa shape index (κ1) is 21.2. The molecule has 5 rings (SSSR count). The highest BCUT2D eigenvalue weighted by atomic mass is 16.5. The minimum Gasteiger partial charge on any atom is -0.376 e. The molecule has 1 spiro atoms. The van der Waals surface area contributed by atoms with Crippen molar-refractivity contribution in [1.82, 2.24) is 15.1 Å². The molecule has 32 heavy (non-hydrogen) atoms. The number of hydrogen-bond donors (Lipinski definition) is 1. The van der Waals surface area contributed by atoms with Gasteiger partial charge in [-0.3, -0.25) is 14.4 Å². The third kappa shape index (κ3) is 4.08. The molecule has 8 heteroatoms. The van der Waals surface area contributed by atoms with Gasteiger partial charge in [-0.1, -0.05) is 18.2 Å². The number of ether oxygens (including phenoxy) is 1. The fourth-order valence-electron chi connectivity index (χ4n) is 5.27. The summed E-state index contributed by atoms with van der Waals surface area (Å²) in [6.07, 6.45) is 5.23. The van der Waals surface area contributed by atoms with Crippen LogP contribution in [0.25, 0.3) is 0 Å². The SMILES string of the molecule is O=C(CN1CN(c2ccccc2)C2(CCN(C(=O)C3CC3)CC2)C1=O)NCC1CCCO1. The maximum atomic E-state index is 13.7. The van der Waals surface area contributed by atoms with Gasteiger partial charge < -0.3 is 24.8 Å². The second-order valence-corrected chi connectivity index (χ2v) is 9.48. The largest absolute Gasteiger partial charge is 0.376 e. The lowest BCUT2D eigenvalue weighted by atomic mass is 9.85. The predicted octanol–water partition coefficient (Wildman–Crippen LogP) is 1.36. The van der Waals surface area contributed by atoms with Crippen LogP contribution in [0.2, 0.25) is 0 Å². The number of piperidine rings is 1. The average Bonchev–Trinajstić information content (AvgIpc) is 3.48. The van der Waals surface area contributed by atoms with Crippen molar-refractivity contribution in [3.8, 4) is 0 Å². The van der Waals surface area contributed by atoms with E-state index in [-0.39, 0.29) is 36.3 Å². The molecule has 4 fully saturated rings. The normalized spacial score (nSPS) is 24.9. The van der Waals surface area contributed by atoms with Crippen molar-refractivity contribution in [2.45, 2.75) is 50.2 Å². The summed E-state index contributed by atoms with van der Waals surface area (Å²) in [5, 5.41) is 2.93. The first-order valence-electron chi connectivity index (χ1n) is 11.9. The quantitative estimate of drug-likeness (QED) is 0.722. The lowest BCUT2D eigenvalue weighted by Gasteiger charge is -2.43. The van der Waals surface area contributed by atoms with Gasteiger partial charge in [-0.25, -0.2) is 0 Å². The highest BCUT2D eigenvalue weighted by Crippen LogP contribution is 2.40. The molecule has 1 atom stereocenters. The molecule has 1 N–H and O–H groups in total. The molecular weight excluding hydrogens is 408 g/mol. The molecule has 3 heterocycles. The molecule has 1 aromatic rings. The molecule has 172 valence electrons. The Morgan fingerprint density at radius 3 is 2.50 bits per heavy atom. The number of para-hydroxylation sites is 1. The monoisotopic (exact) mass is 440 g/mol. The van der Waals surface area contributed by atoms with Gasteiger partial charge in [0.1, 0.15) is 12.1 Å². The second-order valence-electron chi connectivity index (χ2n) is 9.48. The van der Waals surface area contributed by atoms with Crippen molar-refractivity contribution in [1.29, 1.82) is 0 Å². The van der Waals surface area contributed by atoms with Crippen molar-refractivity contribution in [2.75, 3.05) is 44.4 Å². The zero-order valence-corrected chi connectivity index (χ0v) is 18.5. The number of rotatable bonds is 6. The van der Waals surface area contributed by atoms with Gasteiger partial charge >= 0.3 is 0 Å². The van der Waals surface area contributed by atoms with Crippen LogP contribution in [-0.2, 0) is 19.1 Å². The average molecular weight is 441 g/mol. The van der Waals surface area contributed by atoms with Gasteiger partial charge in [-0.2, -0.15) is 0 Å². The van der Waals surface area contributed by atoms with E-state index in [1.54, 1.807) is 4.90 Å². The number of hydrogen-bond acceptors (Lipinski definition) is 5. The predicted molar refractivity (Wildman–Crippen MR) is 119 cm³/mol. The van der Waals surface area contributed by atoms with Crippen molar-refractivity contribution in [3.63, 3.8) is 0 Å². The Bertz CT molecular complexity index is 858. The van der Waals surface area contributed by atoms with Gasteiger partial charge in [0.05, 0.1) is 12.8 Å². The Hall–Kier alpha value is -2.61. The fourth-order valence-corrected chi connectivity index (χ4v) is 5.27. The Kier molecular flexibility index (Phi) is 5.80. The third-order valence-corrected chi connectivity index (χ3v) is 7.30. The van der Waals surface area contributed by atoms with Crippen LogP contribution < -0.4 is 10.2 Å². The molecule has 1 saturated carbocycles. The molecule has 0 bridgehead atoms. The van der Waals surface area contributed by atoms with Crippen LogP contribution in [0.4, 0.5) is 5.69 Å². The minimum atomic E-state index is -0.698. The van der Waals surface area contributed by atoms with E-state index in [4.69, 9.17) is 4.74 Å². The Morgan fingerprint density at radius 1 is 1.09 bits per heavy atom. The number of anilines is 1. The molecule has 8 nitrogen and oxygen atoms in total. The highest BCUT2D eigenvalue weighted by Gasteiger charge is 2.54. The summed E-state index contributed by atoms with van der Waals surface area (Å²) in [5.74, 6) is 0.270. The number of carbonyl (C=O) groups is 3. The van der Waals surface area contributed by atoms with Crippen molar-refractivity contribution < 1.29 is 19.1 Å². The van der Waals surface area contributed by atoms with Crippen LogP contribution in [0.3, 0.4) is 0 Å². The lowest BCUT2D eigenvalue weighted by molar-refractivity contribution is -0.140. The molecule has 4 aliphatic rings. The van der Waals surface area contributed by atoms with Crippen LogP contribution in [0.1, 0.15) is 38.5 Å². The van der Waals surface area contributed by atoms with E-state index in [1.807, 2.05) is 35.2 Å². The van der Waals surface area contributed by atoms with Gasteiger partial charge in [0.25, 0.3) is 5.91 Å². The topological polar surface area (TPSA) is 82.2 Å². The maximum Gasteiger partial charge on any atom is 0.250 e. The van der Waals surface area contributed by atoms with Crippen LogP contribution in [-0.4, -0.2) is 78.6 Å². The number of benzene rings is 1. The minimum absolute atomic E-state index is 0.00728. The Labute approximate surface area is 188 Å². The van der Waals surface area contributed by atoms with Gasteiger partial charge in [0.15, 0.2) is 0 Å². The van der Waals surface area contributed by atoms with E-state index in [0.29, 0.717) is 39.1 Å². The smallest absolute Gasteiger partial charge is 0.250 e. The third-order valence-electron chi connectivity index (χ3n) is 7.30. The summed E-state index contributed by atoms with van der Waals surface area (Å²) in [4.78, 5) is 44.5. The summed E-state index contributed by atoms with van der Waals surface area (Å²) >= 11 is 0. The van der Waals surface area contributed by atoms with Crippen LogP contribution >= 0.6 is 0 Å². The standard InChI is InChI=1S/C24H32N4O4/c29-21(25-15-20-7-4-14-32-20)16-27-17-28(19-5-2-1-3-6-19)24(23(27)31)10-12-26(13-11-24)22(30)18-8-9-18/h1-3,5-6,18,20H,4,7-17H2,(H,25,29). The lowest BCUT2D eigenvalue weighted by Crippen LogP contribution is -2.57. The van der Waals surface area contributed by atoms with E-state index in [2.05, 4.69) is 10.2 Å². The van der Waals surface area contributed by atoms with Crippen LogP contribution in [0.5, 0.6) is 0 Å². The van der Waals surface area contributed by atoms with E-state index < -0.39 is 5.54 Å². The zero-order valence-electron chi connectivity index (χ0n) is 18.5. The van der Waals surface area contributed by atoms with E-state index >= 15 is 0 Å². The molecular formula is C24H32N4O4. The Balaban J connectivity index is 1.28. The van der Waals surface area contributed by atoms with Crippen molar-refractivity contribution in [3.05, 3.63) is 30.3 Å². The number of nitrogens with one attached hydrogen (secondary N) is 1.